The highest BCUT2D eigenvalue weighted by Gasteiger charge is 2.25. The molecule has 0 bridgehead atoms. The summed E-state index contributed by atoms with van der Waals surface area (Å²) < 4.78 is 6.17. The zero-order valence-electron chi connectivity index (χ0n) is 9.49. The van der Waals surface area contributed by atoms with Crippen LogP contribution in [0.25, 0.3) is 0 Å². The molecule has 0 unspecified atom stereocenters. The van der Waals surface area contributed by atoms with Gasteiger partial charge in [-0.25, -0.2) is 4.79 Å². The molecule has 6 heteroatoms. The van der Waals surface area contributed by atoms with Crippen molar-refractivity contribution in [1.82, 2.24) is 9.78 Å². The minimum Gasteiger partial charge on any atom is -0.465 e. The van der Waals surface area contributed by atoms with E-state index in [-0.39, 0.29) is 0 Å². The van der Waals surface area contributed by atoms with E-state index in [1.165, 1.54) is 18.2 Å². The smallest absolute Gasteiger partial charge is 0.345 e. The maximum Gasteiger partial charge on any atom is 0.345 e. The molecule has 0 aromatic carbocycles. The van der Waals surface area contributed by atoms with Crippen LogP contribution in [-0.4, -0.2) is 28.9 Å². The molecule has 0 saturated heterocycles. The lowest BCUT2D eigenvalue weighted by Crippen LogP contribution is -2.28. The molecule has 88 valence electrons. The molecule has 1 aromatic rings. The fraction of sp³-hybridized carbons (Fsp3) is 0.600. The van der Waals surface area contributed by atoms with E-state index in [0.29, 0.717) is 23.2 Å². The summed E-state index contributed by atoms with van der Waals surface area (Å²) in [5, 5.41) is 7.39. The molecule has 1 aromatic heterocycles. The van der Waals surface area contributed by atoms with Crippen LogP contribution in [0, 0.1) is 0 Å². The molecular weight excluding hydrogens is 208 g/mol. The highest BCUT2D eigenvalue weighted by atomic mass is 16.5. The Kier molecular flexibility index (Phi) is 2.72. The SMILES string of the molecule is COC(=O)c1c(NC2CCC2)nn(C)c1N. The number of methoxy groups -OCH3 is 1. The number of anilines is 2. The molecule has 0 radical (unpaired) electrons. The third-order valence-electron chi connectivity index (χ3n) is 2.93. The number of aryl methyl sites for hydroxylation is 1. The van der Waals surface area contributed by atoms with E-state index >= 15 is 0 Å². The van der Waals surface area contributed by atoms with Crippen molar-refractivity contribution in [1.29, 1.82) is 0 Å². The Balaban J connectivity index is 2.27. The zero-order valence-corrected chi connectivity index (χ0v) is 9.49. The van der Waals surface area contributed by atoms with Crippen molar-refractivity contribution in [3.05, 3.63) is 5.56 Å². The minimum atomic E-state index is -0.451. The van der Waals surface area contributed by atoms with Gasteiger partial charge in [0.2, 0.25) is 0 Å². The lowest BCUT2D eigenvalue weighted by Gasteiger charge is -2.26. The van der Waals surface area contributed by atoms with Gasteiger partial charge in [0.25, 0.3) is 0 Å². The number of nitrogens with two attached hydrogens (primary N) is 1. The van der Waals surface area contributed by atoms with E-state index in [1.807, 2.05) is 0 Å². The number of esters is 1. The van der Waals surface area contributed by atoms with Crippen LogP contribution in [-0.2, 0) is 11.8 Å². The van der Waals surface area contributed by atoms with E-state index in [9.17, 15) is 4.79 Å². The molecule has 1 fully saturated rings. The maximum absolute atomic E-state index is 11.6. The Morgan fingerprint density at radius 3 is 2.81 bits per heavy atom. The van der Waals surface area contributed by atoms with Gasteiger partial charge in [-0.1, -0.05) is 0 Å². The average Bonchev–Trinajstić information content (AvgIpc) is 2.48. The number of aromatic nitrogens is 2. The summed E-state index contributed by atoms with van der Waals surface area (Å²) >= 11 is 0. The van der Waals surface area contributed by atoms with Crippen molar-refractivity contribution in [3.8, 4) is 0 Å². The van der Waals surface area contributed by atoms with Gasteiger partial charge in [-0.15, -0.1) is 0 Å². The van der Waals surface area contributed by atoms with Gasteiger partial charge in [0.1, 0.15) is 11.4 Å². The summed E-state index contributed by atoms with van der Waals surface area (Å²) in [5.74, 6) is 0.401. The molecule has 0 atom stereocenters. The minimum absolute atomic E-state index is 0.327. The van der Waals surface area contributed by atoms with Crippen molar-refractivity contribution >= 4 is 17.6 Å². The van der Waals surface area contributed by atoms with Crippen LogP contribution in [0.15, 0.2) is 0 Å². The van der Waals surface area contributed by atoms with Crippen molar-refractivity contribution < 1.29 is 9.53 Å². The van der Waals surface area contributed by atoms with Gasteiger partial charge >= 0.3 is 5.97 Å². The second-order valence-electron chi connectivity index (χ2n) is 4.00. The van der Waals surface area contributed by atoms with Crippen LogP contribution in [0.2, 0.25) is 0 Å². The maximum atomic E-state index is 11.6. The third kappa shape index (κ3) is 1.70. The molecule has 16 heavy (non-hydrogen) atoms. The van der Waals surface area contributed by atoms with Gasteiger partial charge in [0, 0.05) is 13.1 Å². The summed E-state index contributed by atoms with van der Waals surface area (Å²) in [6, 6.07) is 0.401. The number of carbonyl (C=O) groups is 1. The largest absolute Gasteiger partial charge is 0.465 e. The number of nitrogen functional groups attached to an aromatic ring is 1. The van der Waals surface area contributed by atoms with Gasteiger partial charge in [-0.2, -0.15) is 5.10 Å². The Labute approximate surface area is 93.8 Å². The van der Waals surface area contributed by atoms with E-state index in [0.717, 1.165) is 12.8 Å². The predicted octanol–water partition coefficient (Wildman–Crippen LogP) is 0.753. The number of hydrogen-bond donors (Lipinski definition) is 2. The number of nitrogens with one attached hydrogen (secondary N) is 1. The second kappa shape index (κ2) is 4.03. The van der Waals surface area contributed by atoms with E-state index in [1.54, 1.807) is 7.05 Å². The van der Waals surface area contributed by atoms with Crippen LogP contribution < -0.4 is 11.1 Å². The Hall–Kier alpha value is -1.72. The fourth-order valence-electron chi connectivity index (χ4n) is 1.69. The van der Waals surface area contributed by atoms with Gasteiger partial charge in [0.15, 0.2) is 5.82 Å². The number of carbonyl (C=O) groups excluding carboxylic acids is 1. The van der Waals surface area contributed by atoms with Crippen LogP contribution in [0.5, 0.6) is 0 Å². The molecule has 3 N–H and O–H groups in total. The summed E-state index contributed by atoms with van der Waals surface area (Å²) in [4.78, 5) is 11.6. The van der Waals surface area contributed by atoms with Crippen molar-refractivity contribution in [2.45, 2.75) is 25.3 Å². The number of ether oxygens (including phenoxy) is 1. The van der Waals surface area contributed by atoms with Gasteiger partial charge in [0.05, 0.1) is 7.11 Å². The van der Waals surface area contributed by atoms with E-state index < -0.39 is 5.97 Å². The lowest BCUT2D eigenvalue weighted by atomic mass is 9.93. The second-order valence-corrected chi connectivity index (χ2v) is 4.00. The molecule has 2 rings (SSSR count). The van der Waals surface area contributed by atoms with E-state index in [2.05, 4.69) is 10.4 Å². The van der Waals surface area contributed by atoms with Gasteiger partial charge in [-0.3, -0.25) is 4.68 Å². The zero-order chi connectivity index (χ0) is 11.7. The average molecular weight is 224 g/mol. The quantitative estimate of drug-likeness (QED) is 0.740. The van der Waals surface area contributed by atoms with Crippen LogP contribution in [0.1, 0.15) is 29.6 Å². The monoisotopic (exact) mass is 224 g/mol. The molecule has 0 aliphatic heterocycles. The summed E-state index contributed by atoms with van der Waals surface area (Å²) in [6.07, 6.45) is 3.43. The van der Waals surface area contributed by atoms with Crippen LogP contribution in [0.3, 0.4) is 0 Å². The lowest BCUT2D eigenvalue weighted by molar-refractivity contribution is 0.0603. The highest BCUT2D eigenvalue weighted by Crippen LogP contribution is 2.27. The first-order valence-corrected chi connectivity index (χ1v) is 5.30. The Morgan fingerprint density at radius 2 is 2.31 bits per heavy atom. The topological polar surface area (TPSA) is 82.2 Å². The van der Waals surface area contributed by atoms with Crippen molar-refractivity contribution in [3.63, 3.8) is 0 Å². The van der Waals surface area contributed by atoms with Crippen molar-refractivity contribution in [2.75, 3.05) is 18.2 Å². The standard InChI is InChI=1S/C10H16N4O2/c1-14-8(11)7(10(15)16-2)9(13-14)12-6-4-3-5-6/h6H,3-5,11H2,1-2H3,(H,12,13). The highest BCUT2D eigenvalue weighted by molar-refractivity contribution is 5.99. The third-order valence-corrected chi connectivity index (χ3v) is 2.93. The first-order chi connectivity index (χ1) is 7.63. The molecule has 1 saturated carbocycles. The normalized spacial score (nSPS) is 15.6. The molecule has 6 nitrogen and oxygen atoms in total. The molecule has 0 amide bonds. The summed E-state index contributed by atoms with van der Waals surface area (Å²) in [6.45, 7) is 0. The van der Waals surface area contributed by atoms with Crippen LogP contribution >= 0.6 is 0 Å². The molecular formula is C10H16N4O2. The number of rotatable bonds is 3. The fourth-order valence-corrected chi connectivity index (χ4v) is 1.69. The first-order valence-electron chi connectivity index (χ1n) is 5.30. The molecule has 0 spiro atoms. The van der Waals surface area contributed by atoms with Gasteiger partial charge < -0.3 is 15.8 Å². The molecule has 1 heterocycles. The molecule has 1 aliphatic rings. The van der Waals surface area contributed by atoms with E-state index in [4.69, 9.17) is 10.5 Å². The predicted molar refractivity (Wildman–Crippen MR) is 60.2 cm³/mol. The number of nitrogens with zero attached hydrogens (tertiary/aromatic N) is 2. The van der Waals surface area contributed by atoms with Gasteiger partial charge in [-0.05, 0) is 19.3 Å². The Morgan fingerprint density at radius 1 is 1.62 bits per heavy atom. The Bertz CT molecular complexity index is 409. The summed E-state index contributed by atoms with van der Waals surface area (Å²) in [7, 11) is 3.04. The number of hydrogen-bond acceptors (Lipinski definition) is 5. The first kappa shape index (κ1) is 10.8. The summed E-state index contributed by atoms with van der Waals surface area (Å²) in [5.41, 5.74) is 6.11. The van der Waals surface area contributed by atoms with Crippen molar-refractivity contribution in [2.24, 2.45) is 7.05 Å². The van der Waals surface area contributed by atoms with Crippen LogP contribution in [0.4, 0.5) is 11.6 Å². The molecule has 1 aliphatic carbocycles.